The molecule has 1 fully saturated rings. The Bertz CT molecular complexity index is 885. The molecule has 1 saturated heterocycles. The molecule has 1 aromatic rings. The van der Waals surface area contributed by atoms with Gasteiger partial charge in [-0.3, -0.25) is 9.59 Å². The second kappa shape index (κ2) is 13.5. The maximum Gasteiger partial charge on any atom is 0.246 e. The highest BCUT2D eigenvalue weighted by atomic mass is 19.1. The first-order valence-corrected chi connectivity index (χ1v) is 11.3. The number of hydrogen-bond donors (Lipinski definition) is 1. The molecule has 8 nitrogen and oxygen atoms in total. The van der Waals surface area contributed by atoms with Gasteiger partial charge in [0.05, 0.1) is 12.1 Å². The number of nitrogens with zero attached hydrogens (tertiary/aromatic N) is 5. The second-order valence-electron chi connectivity index (χ2n) is 8.43. The van der Waals surface area contributed by atoms with Gasteiger partial charge in [-0.25, -0.2) is 14.4 Å². The Hall–Kier alpha value is -2.99. The molecule has 0 radical (unpaired) electrons. The van der Waals surface area contributed by atoms with E-state index in [9.17, 15) is 14.0 Å². The van der Waals surface area contributed by atoms with Gasteiger partial charge in [0.25, 0.3) is 0 Å². The zero-order chi connectivity index (χ0) is 24.2. The summed E-state index contributed by atoms with van der Waals surface area (Å²) in [6, 6.07) is 0. The highest BCUT2D eigenvalue weighted by Gasteiger charge is 2.21. The van der Waals surface area contributed by atoms with Crippen LogP contribution >= 0.6 is 0 Å². The molecule has 0 spiro atoms. The zero-order valence-corrected chi connectivity index (χ0v) is 20.1. The number of likely N-dealkylation sites (N-methyl/N-ethyl adjacent to an activating group) is 2. The topological polar surface area (TPSA) is 81.7 Å². The highest BCUT2D eigenvalue weighted by Crippen LogP contribution is 2.22. The number of piperidine rings is 1. The summed E-state index contributed by atoms with van der Waals surface area (Å²) < 4.78 is 13.5. The number of halogens is 1. The van der Waals surface area contributed by atoms with Gasteiger partial charge in [-0.15, -0.1) is 0 Å². The van der Waals surface area contributed by atoms with Crippen LogP contribution in [0.3, 0.4) is 0 Å². The van der Waals surface area contributed by atoms with E-state index in [1.807, 2.05) is 25.9 Å². The summed E-state index contributed by atoms with van der Waals surface area (Å²) >= 11 is 0. The Balaban J connectivity index is 1.75. The number of hydrogen-bond acceptors (Lipinski definition) is 6. The summed E-state index contributed by atoms with van der Waals surface area (Å²) in [5, 5.41) is 2.81. The number of amides is 2. The van der Waals surface area contributed by atoms with Gasteiger partial charge in [0.15, 0.2) is 0 Å². The molecule has 0 aromatic carbocycles. The molecule has 1 N–H and O–H groups in total. The Morgan fingerprint density at radius 3 is 2.73 bits per heavy atom. The van der Waals surface area contributed by atoms with Gasteiger partial charge >= 0.3 is 0 Å². The molecule has 0 saturated carbocycles. The van der Waals surface area contributed by atoms with Crippen molar-refractivity contribution in [1.29, 1.82) is 0 Å². The zero-order valence-electron chi connectivity index (χ0n) is 20.1. The lowest BCUT2D eigenvalue weighted by atomic mass is 10.1. The molecular formula is C24H35FN6O2. The first-order valence-electron chi connectivity index (χ1n) is 11.3. The van der Waals surface area contributed by atoms with E-state index in [1.54, 1.807) is 19.3 Å². The Morgan fingerprint density at radius 1 is 1.30 bits per heavy atom. The van der Waals surface area contributed by atoms with Crippen LogP contribution in [-0.2, 0) is 9.59 Å². The standard InChI is InChI=1S/C24H35FN6O2/c1-19-27-17-20(24(28-19)31-15-11-21(25)12-16-31)9-6-5-7-13-26-22(32)18-30(4)23(33)10-8-14-29(2)3/h8,10,17,21H,5,7,11-16,18H2,1-4H3,(H,26,32)/b10-8+. The third-order valence-corrected chi connectivity index (χ3v) is 5.12. The van der Waals surface area contributed by atoms with Crippen molar-refractivity contribution in [3.05, 3.63) is 29.7 Å². The molecule has 2 amide bonds. The van der Waals surface area contributed by atoms with Gasteiger partial charge < -0.3 is 20.0 Å². The van der Waals surface area contributed by atoms with Crippen molar-refractivity contribution in [2.45, 2.75) is 38.8 Å². The molecule has 1 aromatic heterocycles. The molecule has 33 heavy (non-hydrogen) atoms. The number of anilines is 1. The van der Waals surface area contributed by atoms with E-state index in [0.717, 1.165) is 11.4 Å². The third kappa shape index (κ3) is 9.58. The Kier molecular flexibility index (Phi) is 10.8. The lowest BCUT2D eigenvalue weighted by molar-refractivity contribution is -0.131. The second-order valence-corrected chi connectivity index (χ2v) is 8.43. The summed E-state index contributed by atoms with van der Waals surface area (Å²) in [7, 11) is 5.44. The molecule has 1 aliphatic heterocycles. The molecular weight excluding hydrogens is 423 g/mol. The van der Waals surface area contributed by atoms with Crippen LogP contribution in [0.5, 0.6) is 0 Å². The Morgan fingerprint density at radius 2 is 2.03 bits per heavy atom. The number of alkyl halides is 1. The minimum absolute atomic E-state index is 0.0104. The van der Waals surface area contributed by atoms with Gasteiger partial charge in [0.2, 0.25) is 11.8 Å². The fourth-order valence-electron chi connectivity index (χ4n) is 3.25. The molecule has 9 heteroatoms. The van der Waals surface area contributed by atoms with E-state index < -0.39 is 6.17 Å². The third-order valence-electron chi connectivity index (χ3n) is 5.12. The Labute approximate surface area is 196 Å². The summed E-state index contributed by atoms with van der Waals surface area (Å²) in [4.78, 5) is 38.2. The SMILES string of the molecule is Cc1ncc(C#CCCCNC(=O)CN(C)C(=O)/C=C/CN(C)C)c(N2CCC(F)CC2)n1. The summed E-state index contributed by atoms with van der Waals surface area (Å²) in [6.07, 6.45) is 6.51. The van der Waals surface area contributed by atoms with Gasteiger partial charge in [0, 0.05) is 51.9 Å². The van der Waals surface area contributed by atoms with E-state index in [2.05, 4.69) is 32.0 Å². The summed E-state index contributed by atoms with van der Waals surface area (Å²) in [5.74, 6) is 7.26. The van der Waals surface area contributed by atoms with E-state index in [0.29, 0.717) is 57.7 Å². The van der Waals surface area contributed by atoms with Crippen molar-refractivity contribution in [2.75, 3.05) is 58.8 Å². The maximum absolute atomic E-state index is 13.5. The van der Waals surface area contributed by atoms with E-state index >= 15 is 0 Å². The minimum Gasteiger partial charge on any atom is -0.355 e. The smallest absolute Gasteiger partial charge is 0.246 e. The molecule has 2 heterocycles. The van der Waals surface area contributed by atoms with Crippen LogP contribution in [0.2, 0.25) is 0 Å². The lowest BCUT2D eigenvalue weighted by Crippen LogP contribution is -2.38. The van der Waals surface area contributed by atoms with Crippen LogP contribution < -0.4 is 10.2 Å². The predicted octanol–water partition coefficient (Wildman–Crippen LogP) is 1.55. The van der Waals surface area contributed by atoms with Crippen LogP contribution in [0.15, 0.2) is 18.3 Å². The highest BCUT2D eigenvalue weighted by molar-refractivity contribution is 5.91. The molecule has 2 rings (SSSR count). The molecule has 0 unspecified atom stereocenters. The quantitative estimate of drug-likeness (QED) is 0.344. The van der Waals surface area contributed by atoms with E-state index in [-0.39, 0.29) is 18.4 Å². The average molecular weight is 459 g/mol. The molecule has 0 aliphatic carbocycles. The van der Waals surface area contributed by atoms with Crippen LogP contribution in [0, 0.1) is 18.8 Å². The first-order chi connectivity index (χ1) is 15.8. The lowest BCUT2D eigenvalue weighted by Gasteiger charge is -2.30. The van der Waals surface area contributed by atoms with Gasteiger partial charge in [-0.2, -0.15) is 0 Å². The number of aromatic nitrogens is 2. The van der Waals surface area contributed by atoms with Crippen molar-refractivity contribution >= 4 is 17.6 Å². The molecule has 1 aliphatic rings. The average Bonchev–Trinajstić information content (AvgIpc) is 2.77. The van der Waals surface area contributed by atoms with Crippen LogP contribution in [0.4, 0.5) is 10.2 Å². The maximum atomic E-state index is 13.5. The number of unbranched alkanes of at least 4 members (excludes halogenated alkanes) is 1. The number of carbonyl (C=O) groups excluding carboxylic acids is 2. The number of carbonyl (C=O) groups is 2. The van der Waals surface area contributed by atoms with Crippen molar-refractivity contribution in [3.63, 3.8) is 0 Å². The monoisotopic (exact) mass is 458 g/mol. The van der Waals surface area contributed by atoms with Gasteiger partial charge in [-0.05, 0) is 40.3 Å². The van der Waals surface area contributed by atoms with Crippen molar-refractivity contribution in [1.82, 2.24) is 25.1 Å². The predicted molar refractivity (Wildman–Crippen MR) is 128 cm³/mol. The number of aryl methyl sites for hydroxylation is 1. The molecule has 0 bridgehead atoms. The van der Waals surface area contributed by atoms with Crippen LogP contribution in [0.1, 0.15) is 37.1 Å². The van der Waals surface area contributed by atoms with Gasteiger partial charge in [-0.1, -0.05) is 17.9 Å². The largest absolute Gasteiger partial charge is 0.355 e. The minimum atomic E-state index is -0.744. The normalized spacial score (nSPS) is 14.3. The van der Waals surface area contributed by atoms with Crippen LogP contribution in [0.25, 0.3) is 0 Å². The molecule has 180 valence electrons. The van der Waals surface area contributed by atoms with Gasteiger partial charge in [0.1, 0.15) is 17.8 Å². The summed E-state index contributed by atoms with van der Waals surface area (Å²) in [5.41, 5.74) is 0.740. The number of rotatable bonds is 9. The van der Waals surface area contributed by atoms with Crippen molar-refractivity contribution in [3.8, 4) is 11.8 Å². The molecule has 0 atom stereocenters. The van der Waals surface area contributed by atoms with E-state index in [4.69, 9.17) is 0 Å². The van der Waals surface area contributed by atoms with Crippen molar-refractivity contribution < 1.29 is 14.0 Å². The summed E-state index contributed by atoms with van der Waals surface area (Å²) in [6.45, 7) is 4.24. The fraction of sp³-hybridized carbons (Fsp3) is 0.583. The number of nitrogens with one attached hydrogen (secondary N) is 1. The van der Waals surface area contributed by atoms with Crippen molar-refractivity contribution in [2.24, 2.45) is 0 Å². The van der Waals surface area contributed by atoms with Crippen LogP contribution in [-0.4, -0.2) is 91.6 Å². The first kappa shape index (κ1) is 26.3. The van der Waals surface area contributed by atoms with E-state index in [1.165, 1.54) is 11.0 Å². The fourth-order valence-corrected chi connectivity index (χ4v) is 3.25.